The predicted octanol–water partition coefficient (Wildman–Crippen LogP) is 2.36. The van der Waals surface area contributed by atoms with Crippen LogP contribution in [0.2, 0.25) is 0 Å². The van der Waals surface area contributed by atoms with E-state index in [-0.39, 0.29) is 0 Å². The Morgan fingerprint density at radius 1 is 0.821 bits per heavy atom. The molecule has 144 valence electrons. The molecule has 2 aromatic carbocycles. The van der Waals surface area contributed by atoms with Crippen LogP contribution in [0.15, 0.2) is 70.6 Å². The SMILES string of the molecule is C(OCC1CO1)C1CO1.O=C=NC(N=C=O)(c1ccccc1)c1ccccc1. The second kappa shape index (κ2) is 9.85. The topological polar surface area (TPSA) is 93.2 Å². The molecule has 2 atom stereocenters. The number of aliphatic imine (C=N–C) groups is 2. The van der Waals surface area contributed by atoms with E-state index in [2.05, 4.69) is 9.98 Å². The molecule has 2 fully saturated rings. The molecule has 0 aromatic heterocycles. The Morgan fingerprint density at radius 2 is 1.21 bits per heavy atom. The lowest BCUT2D eigenvalue weighted by Crippen LogP contribution is -2.22. The molecule has 0 spiro atoms. The first kappa shape index (κ1) is 19.8. The molecule has 2 aliphatic rings. The van der Waals surface area contributed by atoms with E-state index in [1.165, 1.54) is 12.2 Å². The summed E-state index contributed by atoms with van der Waals surface area (Å²) < 4.78 is 15.1. The summed E-state index contributed by atoms with van der Waals surface area (Å²) in [4.78, 5) is 29.0. The second-order valence-electron chi connectivity index (χ2n) is 6.26. The van der Waals surface area contributed by atoms with Crippen LogP contribution in [0.3, 0.4) is 0 Å². The van der Waals surface area contributed by atoms with Gasteiger partial charge in [0, 0.05) is 11.1 Å². The van der Waals surface area contributed by atoms with Crippen molar-refractivity contribution in [1.82, 2.24) is 0 Å². The fourth-order valence-electron chi connectivity index (χ4n) is 2.58. The van der Waals surface area contributed by atoms with Gasteiger partial charge in [0.05, 0.1) is 26.4 Å². The molecule has 2 unspecified atom stereocenters. The van der Waals surface area contributed by atoms with Crippen LogP contribution in [0.5, 0.6) is 0 Å². The maximum absolute atomic E-state index is 10.8. The molecule has 4 rings (SSSR count). The van der Waals surface area contributed by atoms with Crippen molar-refractivity contribution in [1.29, 1.82) is 0 Å². The standard InChI is InChI=1S/C15H10N2O2.C6H10O3/c18-11-16-15(17-12-19,13-7-3-1-4-8-13)14-9-5-2-6-10-14;1(5-3-8-5)7-2-6-4-9-6/h1-10H;5-6H,1-4H2. The minimum atomic E-state index is -1.41. The lowest BCUT2D eigenvalue weighted by molar-refractivity contribution is 0.102. The summed E-state index contributed by atoms with van der Waals surface area (Å²) >= 11 is 0. The zero-order chi connectivity index (χ0) is 19.7. The van der Waals surface area contributed by atoms with Crippen LogP contribution in [0.25, 0.3) is 0 Å². The van der Waals surface area contributed by atoms with E-state index in [1.54, 1.807) is 48.5 Å². The zero-order valence-corrected chi connectivity index (χ0v) is 15.2. The van der Waals surface area contributed by atoms with E-state index in [0.717, 1.165) is 26.4 Å². The predicted molar refractivity (Wildman–Crippen MR) is 100 cm³/mol. The molecule has 2 heterocycles. The van der Waals surface area contributed by atoms with Crippen molar-refractivity contribution in [2.45, 2.75) is 17.9 Å². The molecule has 28 heavy (non-hydrogen) atoms. The number of nitrogens with zero attached hydrogens (tertiary/aromatic N) is 2. The summed E-state index contributed by atoms with van der Waals surface area (Å²) in [6.45, 7) is 3.26. The van der Waals surface area contributed by atoms with E-state index in [0.29, 0.717) is 23.3 Å². The highest BCUT2D eigenvalue weighted by Gasteiger charge is 2.34. The average Bonchev–Trinajstić information content (AvgIpc) is 3.66. The van der Waals surface area contributed by atoms with Gasteiger partial charge in [-0.2, -0.15) is 9.98 Å². The van der Waals surface area contributed by atoms with Crippen molar-refractivity contribution in [2.24, 2.45) is 9.98 Å². The summed E-state index contributed by atoms with van der Waals surface area (Å²) in [5, 5.41) is 0. The number of rotatable bonds is 8. The molecule has 7 heteroatoms. The first-order valence-electron chi connectivity index (χ1n) is 8.88. The minimum absolute atomic E-state index is 0.392. The van der Waals surface area contributed by atoms with Crippen molar-refractivity contribution in [2.75, 3.05) is 26.4 Å². The first-order valence-corrected chi connectivity index (χ1v) is 8.88. The summed E-state index contributed by atoms with van der Waals surface area (Å²) in [6.07, 6.45) is 3.77. The summed E-state index contributed by atoms with van der Waals surface area (Å²) in [5.41, 5.74) is -0.202. The smallest absolute Gasteiger partial charge is 0.238 e. The third kappa shape index (κ3) is 5.54. The number of benzene rings is 2. The van der Waals surface area contributed by atoms with Crippen LogP contribution in [0.4, 0.5) is 0 Å². The molecule has 7 nitrogen and oxygen atoms in total. The Morgan fingerprint density at radius 3 is 1.54 bits per heavy atom. The fourth-order valence-corrected chi connectivity index (χ4v) is 2.58. The third-order valence-electron chi connectivity index (χ3n) is 4.18. The van der Waals surface area contributed by atoms with E-state index in [1.807, 2.05) is 12.1 Å². The van der Waals surface area contributed by atoms with Gasteiger partial charge in [-0.15, -0.1) is 0 Å². The zero-order valence-electron chi connectivity index (χ0n) is 15.2. The van der Waals surface area contributed by atoms with Gasteiger partial charge in [0.25, 0.3) is 0 Å². The van der Waals surface area contributed by atoms with E-state index in [9.17, 15) is 9.59 Å². The molecular weight excluding hydrogens is 360 g/mol. The van der Waals surface area contributed by atoms with Crippen molar-refractivity contribution in [3.63, 3.8) is 0 Å². The quantitative estimate of drug-likeness (QED) is 0.398. The maximum atomic E-state index is 10.8. The van der Waals surface area contributed by atoms with Crippen LogP contribution >= 0.6 is 0 Å². The number of hydrogen-bond acceptors (Lipinski definition) is 7. The van der Waals surface area contributed by atoms with Crippen LogP contribution < -0.4 is 0 Å². The molecular formula is C21H20N2O5. The highest BCUT2D eigenvalue weighted by molar-refractivity contribution is 5.49. The maximum Gasteiger partial charge on any atom is 0.238 e. The molecule has 0 radical (unpaired) electrons. The molecule has 0 aliphatic carbocycles. The van der Waals surface area contributed by atoms with Gasteiger partial charge in [0.1, 0.15) is 12.2 Å². The van der Waals surface area contributed by atoms with Gasteiger partial charge >= 0.3 is 0 Å². The Balaban J connectivity index is 0.000000206. The van der Waals surface area contributed by atoms with Gasteiger partial charge in [-0.25, -0.2) is 9.59 Å². The van der Waals surface area contributed by atoms with Crippen LogP contribution in [0.1, 0.15) is 11.1 Å². The molecule has 0 bridgehead atoms. The summed E-state index contributed by atoms with van der Waals surface area (Å²) in [7, 11) is 0. The Kier molecular flexibility index (Phi) is 6.98. The van der Waals surface area contributed by atoms with Gasteiger partial charge in [-0.05, 0) is 0 Å². The minimum Gasteiger partial charge on any atom is -0.376 e. The highest BCUT2D eigenvalue weighted by atomic mass is 16.6. The monoisotopic (exact) mass is 380 g/mol. The van der Waals surface area contributed by atoms with Gasteiger partial charge in [0.15, 0.2) is 0 Å². The summed E-state index contributed by atoms with van der Waals surface area (Å²) in [5.74, 6) is 0. The number of carbonyl (C=O) groups excluding carboxylic acids is 2. The molecule has 2 aliphatic heterocycles. The largest absolute Gasteiger partial charge is 0.376 e. The molecule has 2 aromatic rings. The van der Waals surface area contributed by atoms with Crippen LogP contribution in [-0.4, -0.2) is 50.8 Å². The lowest BCUT2D eigenvalue weighted by atomic mass is 9.92. The number of epoxide rings is 2. The Hall–Kier alpha value is -2.92. The number of isocyanates is 2. The van der Waals surface area contributed by atoms with E-state index in [4.69, 9.17) is 14.2 Å². The molecule has 0 saturated carbocycles. The van der Waals surface area contributed by atoms with Gasteiger partial charge in [0.2, 0.25) is 17.8 Å². The van der Waals surface area contributed by atoms with Gasteiger partial charge in [-0.1, -0.05) is 60.7 Å². The average molecular weight is 380 g/mol. The number of ether oxygens (including phenoxy) is 3. The second-order valence-corrected chi connectivity index (χ2v) is 6.26. The normalized spacial score (nSPS) is 19.3. The van der Waals surface area contributed by atoms with Gasteiger partial charge < -0.3 is 14.2 Å². The van der Waals surface area contributed by atoms with Crippen LogP contribution in [-0.2, 0) is 29.5 Å². The Bertz CT molecular complexity index is 766. The first-order chi connectivity index (χ1) is 13.8. The van der Waals surface area contributed by atoms with Crippen molar-refractivity contribution >= 4 is 12.2 Å². The van der Waals surface area contributed by atoms with Crippen LogP contribution in [0, 0.1) is 0 Å². The van der Waals surface area contributed by atoms with Crippen molar-refractivity contribution < 1.29 is 23.8 Å². The molecule has 0 amide bonds. The molecule has 0 N–H and O–H groups in total. The lowest BCUT2D eigenvalue weighted by Gasteiger charge is -2.22. The highest BCUT2D eigenvalue weighted by Crippen LogP contribution is 2.34. The van der Waals surface area contributed by atoms with Gasteiger partial charge in [-0.3, -0.25) is 0 Å². The Labute approximate surface area is 162 Å². The van der Waals surface area contributed by atoms with E-state index >= 15 is 0 Å². The number of hydrogen-bond donors (Lipinski definition) is 0. The van der Waals surface area contributed by atoms with Crippen molar-refractivity contribution in [3.05, 3.63) is 71.8 Å². The van der Waals surface area contributed by atoms with Crippen molar-refractivity contribution in [3.8, 4) is 0 Å². The van der Waals surface area contributed by atoms with E-state index < -0.39 is 5.66 Å². The fraction of sp³-hybridized carbons (Fsp3) is 0.333. The summed E-state index contributed by atoms with van der Waals surface area (Å²) in [6, 6.07) is 17.8. The third-order valence-corrected chi connectivity index (χ3v) is 4.18. The molecule has 2 saturated heterocycles.